The van der Waals surface area contributed by atoms with E-state index in [1.54, 1.807) is 12.6 Å². The topological polar surface area (TPSA) is 54.3 Å². The second-order valence-corrected chi connectivity index (χ2v) is 7.39. The molecule has 5 heteroatoms. The average molecular weight is 408 g/mol. The van der Waals surface area contributed by atoms with Gasteiger partial charge in [0.1, 0.15) is 6.29 Å². The molecule has 160 valence electrons. The minimum atomic E-state index is 0.311. The maximum atomic E-state index is 11.3. The van der Waals surface area contributed by atoms with Crippen LogP contribution in [0.1, 0.15) is 50.7 Å². The largest absolute Gasteiger partial charge is 0.379 e. The molecule has 2 rings (SSSR count). The Bertz CT molecular complexity index is 831. The predicted octanol–water partition coefficient (Wildman–Crippen LogP) is 5.15. The molecule has 1 aromatic carbocycles. The number of carbonyl (C=O) groups is 1. The van der Waals surface area contributed by atoms with E-state index in [9.17, 15) is 4.79 Å². The summed E-state index contributed by atoms with van der Waals surface area (Å²) in [7, 11) is 2.00. The maximum absolute atomic E-state index is 11.3. The van der Waals surface area contributed by atoms with Gasteiger partial charge in [0.05, 0.1) is 24.7 Å². The number of rotatable bonds is 10. The average Bonchev–Trinajstić information content (AvgIpc) is 2.77. The standard InChI is InChI=1S/C25H33N3O2/c1-5-26-21(3)11-8-10-20(2)23-13-6-7-14-24(23)25(15-16-29)27-19-28(4)22-12-9-17-30-18-22/h5-7,11,13-16,19,22H,2,8-10,12,17-18H2,1,3-4H3/b21-11-,25-15-,26-5?,27-19?. The molecule has 1 aliphatic rings. The van der Waals surface area contributed by atoms with Crippen LogP contribution in [0.5, 0.6) is 0 Å². The summed E-state index contributed by atoms with van der Waals surface area (Å²) in [6, 6.07) is 8.27. The molecule has 1 heterocycles. The number of benzene rings is 1. The molecule has 1 aromatic rings. The first-order chi connectivity index (χ1) is 14.6. The monoisotopic (exact) mass is 407 g/mol. The molecule has 0 bridgehead atoms. The van der Waals surface area contributed by atoms with Crippen LogP contribution in [0, 0.1) is 0 Å². The van der Waals surface area contributed by atoms with E-state index in [4.69, 9.17) is 4.74 Å². The Kier molecular flexibility index (Phi) is 9.95. The van der Waals surface area contributed by atoms with Gasteiger partial charge in [-0.1, -0.05) is 36.9 Å². The van der Waals surface area contributed by atoms with Crippen molar-refractivity contribution in [1.29, 1.82) is 0 Å². The van der Waals surface area contributed by atoms with Gasteiger partial charge >= 0.3 is 0 Å². The fourth-order valence-corrected chi connectivity index (χ4v) is 3.42. The smallest absolute Gasteiger partial charge is 0.145 e. The highest BCUT2D eigenvalue weighted by molar-refractivity contribution is 5.88. The number of ether oxygens (including phenoxy) is 1. The number of aldehydes is 1. The van der Waals surface area contributed by atoms with E-state index < -0.39 is 0 Å². The molecule has 1 unspecified atom stereocenters. The molecule has 1 saturated heterocycles. The van der Waals surface area contributed by atoms with Gasteiger partial charge in [0.25, 0.3) is 0 Å². The van der Waals surface area contributed by atoms with Gasteiger partial charge in [0.15, 0.2) is 0 Å². The Labute approximate surface area is 180 Å². The van der Waals surface area contributed by atoms with Crippen LogP contribution in [0.25, 0.3) is 11.3 Å². The second-order valence-electron chi connectivity index (χ2n) is 7.39. The fourth-order valence-electron chi connectivity index (χ4n) is 3.42. The molecule has 30 heavy (non-hydrogen) atoms. The highest BCUT2D eigenvalue weighted by Gasteiger charge is 2.17. The number of allylic oxidation sites excluding steroid dienone is 4. The van der Waals surface area contributed by atoms with Crippen molar-refractivity contribution in [2.45, 2.75) is 45.6 Å². The SMILES string of the molecule is C=C(CC/C=C(/C)N=CC)c1ccccc1/C(=C/C=O)N=CN(C)C1CCCOC1. The highest BCUT2D eigenvalue weighted by atomic mass is 16.5. The zero-order valence-electron chi connectivity index (χ0n) is 18.4. The van der Waals surface area contributed by atoms with E-state index in [1.165, 1.54) is 6.08 Å². The lowest BCUT2D eigenvalue weighted by Crippen LogP contribution is -2.37. The quantitative estimate of drug-likeness (QED) is 0.233. The minimum absolute atomic E-state index is 0.311. The first-order valence-electron chi connectivity index (χ1n) is 10.5. The van der Waals surface area contributed by atoms with Crippen LogP contribution in [-0.2, 0) is 9.53 Å². The summed E-state index contributed by atoms with van der Waals surface area (Å²) in [5.41, 5.74) is 4.56. The predicted molar refractivity (Wildman–Crippen MR) is 127 cm³/mol. The van der Waals surface area contributed by atoms with Crippen LogP contribution in [0.2, 0.25) is 0 Å². The third kappa shape index (κ3) is 7.23. The lowest BCUT2D eigenvalue weighted by atomic mass is 9.95. The number of hydrogen-bond acceptors (Lipinski definition) is 4. The maximum Gasteiger partial charge on any atom is 0.145 e. The molecule has 1 atom stereocenters. The highest BCUT2D eigenvalue weighted by Crippen LogP contribution is 2.28. The first-order valence-corrected chi connectivity index (χ1v) is 10.5. The van der Waals surface area contributed by atoms with Crippen LogP contribution in [0.15, 0.2) is 58.7 Å². The summed E-state index contributed by atoms with van der Waals surface area (Å²) < 4.78 is 5.56. The molecule has 0 N–H and O–H groups in total. The van der Waals surface area contributed by atoms with Crippen molar-refractivity contribution in [1.82, 2.24) is 4.90 Å². The Hall–Kier alpha value is -2.79. The molecule has 1 fully saturated rings. The van der Waals surface area contributed by atoms with E-state index in [1.807, 2.05) is 45.2 Å². The zero-order valence-corrected chi connectivity index (χ0v) is 18.4. The Morgan fingerprint density at radius 2 is 2.07 bits per heavy atom. The van der Waals surface area contributed by atoms with E-state index in [2.05, 4.69) is 27.5 Å². The Balaban J connectivity index is 2.17. The van der Waals surface area contributed by atoms with Crippen molar-refractivity contribution in [2.75, 3.05) is 20.3 Å². The van der Waals surface area contributed by atoms with Gasteiger partial charge in [-0.05, 0) is 50.7 Å². The van der Waals surface area contributed by atoms with Crippen molar-refractivity contribution in [3.05, 3.63) is 59.8 Å². The van der Waals surface area contributed by atoms with Crippen molar-refractivity contribution < 1.29 is 9.53 Å². The minimum Gasteiger partial charge on any atom is -0.379 e. The van der Waals surface area contributed by atoms with E-state index >= 15 is 0 Å². The van der Waals surface area contributed by atoms with Crippen molar-refractivity contribution in [2.24, 2.45) is 9.98 Å². The van der Waals surface area contributed by atoms with Crippen molar-refractivity contribution in [3.8, 4) is 0 Å². The number of hydrogen-bond donors (Lipinski definition) is 0. The molecule has 0 saturated carbocycles. The van der Waals surface area contributed by atoms with E-state index in [-0.39, 0.29) is 0 Å². The molecule has 0 spiro atoms. The molecular formula is C25H33N3O2. The second kappa shape index (κ2) is 12.7. The molecule has 1 aliphatic heterocycles. The van der Waals surface area contributed by atoms with Gasteiger partial charge < -0.3 is 9.64 Å². The molecule has 0 radical (unpaired) electrons. The van der Waals surface area contributed by atoms with Gasteiger partial charge in [-0.2, -0.15) is 0 Å². The van der Waals surface area contributed by atoms with Crippen LogP contribution < -0.4 is 0 Å². The summed E-state index contributed by atoms with van der Waals surface area (Å²) >= 11 is 0. The summed E-state index contributed by atoms with van der Waals surface area (Å²) in [5, 5.41) is 0. The van der Waals surface area contributed by atoms with Gasteiger partial charge in [0.2, 0.25) is 0 Å². The summed E-state index contributed by atoms with van der Waals surface area (Å²) in [6.45, 7) is 9.71. The van der Waals surface area contributed by atoms with Crippen LogP contribution in [0.3, 0.4) is 0 Å². The first kappa shape index (κ1) is 23.5. The van der Waals surface area contributed by atoms with E-state index in [0.717, 1.165) is 61.0 Å². The number of nitrogens with zero attached hydrogens (tertiary/aromatic N) is 3. The van der Waals surface area contributed by atoms with Crippen molar-refractivity contribution >= 4 is 30.1 Å². The molecular weight excluding hydrogens is 374 g/mol. The van der Waals surface area contributed by atoms with E-state index in [0.29, 0.717) is 18.3 Å². The van der Waals surface area contributed by atoms with Gasteiger partial charge in [-0.25, -0.2) is 4.99 Å². The molecule has 5 nitrogen and oxygen atoms in total. The van der Waals surface area contributed by atoms with Crippen molar-refractivity contribution in [3.63, 3.8) is 0 Å². The van der Waals surface area contributed by atoms with Gasteiger partial charge in [-0.15, -0.1) is 0 Å². The zero-order chi connectivity index (χ0) is 21.8. The lowest BCUT2D eigenvalue weighted by molar-refractivity contribution is -0.104. The molecule has 0 amide bonds. The summed E-state index contributed by atoms with van der Waals surface area (Å²) in [5.74, 6) is 0. The fraction of sp³-hybridized carbons (Fsp3) is 0.400. The molecule has 0 aliphatic carbocycles. The summed E-state index contributed by atoms with van der Waals surface area (Å²) in [4.78, 5) is 22.3. The third-order valence-electron chi connectivity index (χ3n) is 5.12. The van der Waals surface area contributed by atoms with Crippen LogP contribution in [0.4, 0.5) is 0 Å². The summed E-state index contributed by atoms with van der Waals surface area (Å²) in [6.07, 6.45) is 11.8. The van der Waals surface area contributed by atoms with Gasteiger partial charge in [-0.3, -0.25) is 9.79 Å². The Morgan fingerprint density at radius 3 is 2.73 bits per heavy atom. The Morgan fingerprint density at radius 1 is 1.30 bits per heavy atom. The normalized spacial score (nSPS) is 18.2. The lowest BCUT2D eigenvalue weighted by Gasteiger charge is -2.29. The number of carbonyl (C=O) groups excluding carboxylic acids is 1. The van der Waals surface area contributed by atoms with Crippen LogP contribution >= 0.6 is 0 Å². The van der Waals surface area contributed by atoms with Crippen LogP contribution in [-0.4, -0.2) is 50.0 Å². The third-order valence-corrected chi connectivity index (χ3v) is 5.12. The molecule has 0 aromatic heterocycles. The number of aliphatic imine (C=N–C) groups is 2. The number of likely N-dealkylation sites (N-methyl/N-ethyl adjacent to an activating group) is 1. The van der Waals surface area contributed by atoms with Gasteiger partial charge in [0, 0.05) is 37.2 Å².